The topological polar surface area (TPSA) is 20.3 Å². The van der Waals surface area contributed by atoms with Crippen molar-refractivity contribution in [3.63, 3.8) is 0 Å². The van der Waals surface area contributed by atoms with Crippen molar-refractivity contribution in [2.75, 3.05) is 0 Å². The summed E-state index contributed by atoms with van der Waals surface area (Å²) in [6.07, 6.45) is 7.12. The van der Waals surface area contributed by atoms with Gasteiger partial charge in [0.2, 0.25) is 5.91 Å². The summed E-state index contributed by atoms with van der Waals surface area (Å²) in [6, 6.07) is 20.9. The van der Waals surface area contributed by atoms with Gasteiger partial charge in [-0.2, -0.15) is 0 Å². The Morgan fingerprint density at radius 1 is 1.00 bits per heavy atom. The Morgan fingerprint density at radius 3 is 2.36 bits per heavy atom. The van der Waals surface area contributed by atoms with Gasteiger partial charge in [0.1, 0.15) is 0 Å². The van der Waals surface area contributed by atoms with E-state index in [1.807, 2.05) is 41.3 Å². The van der Waals surface area contributed by atoms with Crippen LogP contribution >= 0.6 is 0 Å². The molecule has 2 nitrogen and oxygen atoms in total. The highest BCUT2D eigenvalue weighted by molar-refractivity contribution is 5.83. The number of amides is 1. The van der Waals surface area contributed by atoms with Crippen LogP contribution in [-0.2, 0) is 11.3 Å². The van der Waals surface area contributed by atoms with Gasteiger partial charge in [0, 0.05) is 19.0 Å². The second-order valence-electron chi connectivity index (χ2n) is 5.76. The molecule has 1 heterocycles. The number of rotatable bonds is 6. The predicted octanol–water partition coefficient (Wildman–Crippen LogP) is 4.28. The molecular formula is C20H21NO. The molecule has 112 valence electrons. The Hall–Kier alpha value is -2.35. The number of β-lactam (4-membered cyclic amide) rings is 1. The van der Waals surface area contributed by atoms with E-state index in [2.05, 4.69) is 36.4 Å². The van der Waals surface area contributed by atoms with E-state index < -0.39 is 0 Å². The maximum absolute atomic E-state index is 11.8. The van der Waals surface area contributed by atoms with E-state index >= 15 is 0 Å². The van der Waals surface area contributed by atoms with Gasteiger partial charge < -0.3 is 4.90 Å². The van der Waals surface area contributed by atoms with E-state index in [4.69, 9.17) is 0 Å². The fourth-order valence-corrected chi connectivity index (χ4v) is 2.85. The van der Waals surface area contributed by atoms with Crippen molar-refractivity contribution in [1.82, 2.24) is 4.90 Å². The molecule has 0 aliphatic carbocycles. The van der Waals surface area contributed by atoms with E-state index in [9.17, 15) is 4.79 Å². The summed E-state index contributed by atoms with van der Waals surface area (Å²) in [5.74, 6) is 0.279. The number of likely N-dealkylation sites (tertiary alicyclic amines) is 1. The van der Waals surface area contributed by atoms with Gasteiger partial charge in [0.15, 0.2) is 0 Å². The number of carbonyl (C=O) groups excluding carboxylic acids is 1. The Morgan fingerprint density at radius 2 is 1.68 bits per heavy atom. The third kappa shape index (κ3) is 3.64. The molecule has 0 N–H and O–H groups in total. The fourth-order valence-electron chi connectivity index (χ4n) is 2.85. The molecule has 0 bridgehead atoms. The molecule has 1 fully saturated rings. The molecular weight excluding hydrogens is 270 g/mol. The summed E-state index contributed by atoms with van der Waals surface area (Å²) in [5, 5.41) is 0. The van der Waals surface area contributed by atoms with Crippen molar-refractivity contribution in [2.45, 2.75) is 31.8 Å². The molecule has 0 saturated carbocycles. The zero-order valence-electron chi connectivity index (χ0n) is 12.7. The van der Waals surface area contributed by atoms with Crippen LogP contribution in [0.25, 0.3) is 6.08 Å². The molecule has 0 spiro atoms. The average Bonchev–Trinajstić information content (AvgIpc) is 2.57. The second kappa shape index (κ2) is 7.08. The summed E-state index contributed by atoms with van der Waals surface area (Å²) in [6.45, 7) is 0.743. The van der Waals surface area contributed by atoms with Gasteiger partial charge in [-0.25, -0.2) is 0 Å². The fraction of sp³-hybridized carbons (Fsp3) is 0.250. The summed E-state index contributed by atoms with van der Waals surface area (Å²) < 4.78 is 0. The zero-order valence-corrected chi connectivity index (χ0v) is 12.7. The molecule has 0 aromatic heterocycles. The summed E-state index contributed by atoms with van der Waals surface area (Å²) in [5.41, 5.74) is 2.44. The maximum Gasteiger partial charge on any atom is 0.225 e. The van der Waals surface area contributed by atoms with Crippen LogP contribution < -0.4 is 0 Å². The number of allylic oxidation sites excluding steroid dienone is 1. The number of nitrogens with zero attached hydrogens (tertiary/aromatic N) is 1. The molecule has 3 rings (SSSR count). The number of hydrogen-bond acceptors (Lipinski definition) is 1. The molecule has 1 saturated heterocycles. The molecule has 2 aromatic carbocycles. The Balaban J connectivity index is 1.48. The third-order valence-electron chi connectivity index (χ3n) is 4.14. The lowest BCUT2D eigenvalue weighted by Crippen LogP contribution is -2.51. The summed E-state index contributed by atoms with van der Waals surface area (Å²) >= 11 is 0. The smallest absolute Gasteiger partial charge is 0.225 e. The van der Waals surface area contributed by atoms with Crippen molar-refractivity contribution in [3.05, 3.63) is 77.9 Å². The van der Waals surface area contributed by atoms with E-state index in [1.165, 1.54) is 11.1 Å². The van der Waals surface area contributed by atoms with Crippen LogP contribution in [0.4, 0.5) is 0 Å². The molecule has 0 radical (unpaired) electrons. The second-order valence-corrected chi connectivity index (χ2v) is 5.76. The van der Waals surface area contributed by atoms with Crippen LogP contribution in [0, 0.1) is 0 Å². The molecule has 1 unspecified atom stereocenters. The van der Waals surface area contributed by atoms with E-state index in [-0.39, 0.29) is 5.91 Å². The molecule has 1 atom stereocenters. The normalized spacial score (nSPS) is 17.7. The van der Waals surface area contributed by atoms with Crippen molar-refractivity contribution >= 4 is 12.0 Å². The van der Waals surface area contributed by atoms with Crippen molar-refractivity contribution in [3.8, 4) is 0 Å². The number of carbonyl (C=O) groups is 1. The Kier molecular flexibility index (Phi) is 4.69. The van der Waals surface area contributed by atoms with E-state index in [0.29, 0.717) is 12.5 Å². The van der Waals surface area contributed by atoms with Gasteiger partial charge in [-0.1, -0.05) is 72.8 Å². The first kappa shape index (κ1) is 14.6. The van der Waals surface area contributed by atoms with Gasteiger partial charge in [-0.3, -0.25) is 4.79 Å². The van der Waals surface area contributed by atoms with Crippen molar-refractivity contribution in [1.29, 1.82) is 0 Å². The van der Waals surface area contributed by atoms with Crippen molar-refractivity contribution < 1.29 is 4.79 Å². The lowest BCUT2D eigenvalue weighted by molar-refractivity contribution is -0.147. The first-order chi connectivity index (χ1) is 10.8. The molecule has 2 heteroatoms. The minimum atomic E-state index is 0.279. The van der Waals surface area contributed by atoms with E-state index in [0.717, 1.165) is 19.4 Å². The first-order valence-electron chi connectivity index (χ1n) is 7.88. The Bertz CT molecular complexity index is 633. The third-order valence-corrected chi connectivity index (χ3v) is 4.14. The van der Waals surface area contributed by atoms with Crippen LogP contribution in [0.5, 0.6) is 0 Å². The minimum Gasteiger partial charge on any atom is -0.335 e. The summed E-state index contributed by atoms with van der Waals surface area (Å²) in [7, 11) is 0. The maximum atomic E-state index is 11.8. The molecule has 2 aromatic rings. The highest BCUT2D eigenvalue weighted by Crippen LogP contribution is 2.26. The highest BCUT2D eigenvalue weighted by atomic mass is 16.2. The van der Waals surface area contributed by atoms with Gasteiger partial charge in [0.25, 0.3) is 0 Å². The highest BCUT2D eigenvalue weighted by Gasteiger charge is 2.34. The van der Waals surface area contributed by atoms with Gasteiger partial charge in [-0.15, -0.1) is 0 Å². The van der Waals surface area contributed by atoms with Gasteiger partial charge in [0.05, 0.1) is 0 Å². The van der Waals surface area contributed by atoms with Crippen LogP contribution in [0.2, 0.25) is 0 Å². The molecule has 1 aliphatic heterocycles. The molecule has 1 aliphatic rings. The average molecular weight is 291 g/mol. The van der Waals surface area contributed by atoms with E-state index in [1.54, 1.807) is 0 Å². The number of hydrogen-bond donors (Lipinski definition) is 0. The van der Waals surface area contributed by atoms with Crippen LogP contribution in [0.15, 0.2) is 66.7 Å². The van der Waals surface area contributed by atoms with Gasteiger partial charge in [-0.05, 0) is 24.0 Å². The SMILES string of the molecule is O=C1CC(CC/C=C/c2ccccc2)N1Cc1ccccc1. The van der Waals surface area contributed by atoms with Crippen LogP contribution in [-0.4, -0.2) is 16.8 Å². The predicted molar refractivity (Wildman–Crippen MR) is 90.1 cm³/mol. The Labute approximate surface area is 132 Å². The van der Waals surface area contributed by atoms with Gasteiger partial charge >= 0.3 is 0 Å². The summed E-state index contributed by atoms with van der Waals surface area (Å²) in [4.78, 5) is 13.8. The first-order valence-corrected chi connectivity index (χ1v) is 7.88. The van der Waals surface area contributed by atoms with Crippen molar-refractivity contribution in [2.24, 2.45) is 0 Å². The monoisotopic (exact) mass is 291 g/mol. The lowest BCUT2D eigenvalue weighted by Gasteiger charge is -2.40. The van der Waals surface area contributed by atoms with Crippen LogP contribution in [0.3, 0.4) is 0 Å². The standard InChI is InChI=1S/C20H21NO/c22-20-15-19(21(20)16-18-12-5-2-6-13-18)14-8-7-11-17-9-3-1-4-10-17/h1-7,9-13,19H,8,14-16H2/b11-7+. The van der Waals surface area contributed by atoms with Crippen LogP contribution in [0.1, 0.15) is 30.4 Å². The molecule has 1 amide bonds. The molecule has 22 heavy (non-hydrogen) atoms. The minimum absolute atomic E-state index is 0.279. The number of benzene rings is 2. The lowest BCUT2D eigenvalue weighted by atomic mass is 9.95. The zero-order chi connectivity index (χ0) is 15.2. The largest absolute Gasteiger partial charge is 0.335 e. The quantitative estimate of drug-likeness (QED) is 0.727.